The fourth-order valence-electron chi connectivity index (χ4n) is 3.11. The third-order valence-corrected chi connectivity index (χ3v) is 4.55. The van der Waals surface area contributed by atoms with Gasteiger partial charge < -0.3 is 15.3 Å². The SMILES string of the molecule is OC1CCN(CCCNCc2cn[nH]c2-c2ccc(F)cc2)CC1. The molecule has 6 heteroatoms. The summed E-state index contributed by atoms with van der Waals surface area (Å²) in [6.45, 7) is 4.74. The number of aromatic amines is 1. The lowest BCUT2D eigenvalue weighted by Crippen LogP contribution is -2.37. The van der Waals surface area contributed by atoms with Crippen molar-refractivity contribution < 1.29 is 9.50 Å². The summed E-state index contributed by atoms with van der Waals surface area (Å²) in [6, 6.07) is 6.44. The van der Waals surface area contributed by atoms with E-state index >= 15 is 0 Å². The van der Waals surface area contributed by atoms with Gasteiger partial charge in [-0.3, -0.25) is 5.10 Å². The molecule has 1 aliphatic rings. The number of piperidine rings is 1. The number of aromatic nitrogens is 2. The Morgan fingerprint density at radius 1 is 1.25 bits per heavy atom. The van der Waals surface area contributed by atoms with Crippen LogP contribution in [0.15, 0.2) is 30.5 Å². The standard InChI is InChI=1S/C18H25FN4O/c19-16-4-2-14(3-5-16)18-15(13-21-22-18)12-20-8-1-9-23-10-6-17(24)7-11-23/h2-5,13,17,20,24H,1,6-12H2,(H,21,22). The minimum Gasteiger partial charge on any atom is -0.393 e. The molecule has 3 rings (SSSR count). The summed E-state index contributed by atoms with van der Waals surface area (Å²) < 4.78 is 13.0. The highest BCUT2D eigenvalue weighted by Crippen LogP contribution is 2.21. The first-order valence-corrected chi connectivity index (χ1v) is 8.61. The van der Waals surface area contributed by atoms with Crippen molar-refractivity contribution in [2.45, 2.75) is 31.9 Å². The molecule has 0 unspecified atom stereocenters. The second-order valence-corrected chi connectivity index (χ2v) is 6.38. The highest BCUT2D eigenvalue weighted by atomic mass is 19.1. The number of aliphatic hydroxyl groups excluding tert-OH is 1. The molecule has 0 amide bonds. The van der Waals surface area contributed by atoms with Gasteiger partial charge in [-0.15, -0.1) is 0 Å². The maximum absolute atomic E-state index is 13.0. The van der Waals surface area contributed by atoms with Crippen molar-refractivity contribution in [3.8, 4) is 11.3 Å². The fraction of sp³-hybridized carbons (Fsp3) is 0.500. The largest absolute Gasteiger partial charge is 0.393 e. The summed E-state index contributed by atoms with van der Waals surface area (Å²) in [5.41, 5.74) is 2.97. The number of hydrogen-bond donors (Lipinski definition) is 3. The molecule has 0 bridgehead atoms. The van der Waals surface area contributed by atoms with Gasteiger partial charge in [-0.05, 0) is 56.6 Å². The second-order valence-electron chi connectivity index (χ2n) is 6.38. The predicted octanol–water partition coefficient (Wildman–Crippen LogP) is 2.15. The number of benzene rings is 1. The Labute approximate surface area is 141 Å². The van der Waals surface area contributed by atoms with Gasteiger partial charge in [0.05, 0.1) is 18.0 Å². The predicted molar refractivity (Wildman–Crippen MR) is 92.0 cm³/mol. The van der Waals surface area contributed by atoms with E-state index in [2.05, 4.69) is 20.4 Å². The van der Waals surface area contributed by atoms with Crippen LogP contribution in [0.1, 0.15) is 24.8 Å². The van der Waals surface area contributed by atoms with E-state index in [0.29, 0.717) is 0 Å². The molecule has 0 radical (unpaired) electrons. The molecule has 0 saturated carbocycles. The Hall–Kier alpha value is -1.76. The molecule has 1 aromatic carbocycles. The number of hydrogen-bond acceptors (Lipinski definition) is 4. The third-order valence-electron chi connectivity index (χ3n) is 4.55. The summed E-state index contributed by atoms with van der Waals surface area (Å²) in [7, 11) is 0. The molecule has 1 saturated heterocycles. The van der Waals surface area contributed by atoms with E-state index in [0.717, 1.165) is 68.8 Å². The Balaban J connectivity index is 1.41. The van der Waals surface area contributed by atoms with Crippen molar-refractivity contribution in [2.75, 3.05) is 26.2 Å². The van der Waals surface area contributed by atoms with E-state index in [4.69, 9.17) is 0 Å². The molecule has 1 fully saturated rings. The molecule has 2 heterocycles. The first-order valence-electron chi connectivity index (χ1n) is 8.61. The Bertz CT molecular complexity index is 620. The minimum atomic E-state index is -0.233. The number of nitrogens with one attached hydrogen (secondary N) is 2. The highest BCUT2D eigenvalue weighted by Gasteiger charge is 2.16. The summed E-state index contributed by atoms with van der Waals surface area (Å²) >= 11 is 0. The number of nitrogens with zero attached hydrogens (tertiary/aromatic N) is 2. The topological polar surface area (TPSA) is 64.2 Å². The molecule has 24 heavy (non-hydrogen) atoms. The van der Waals surface area contributed by atoms with E-state index < -0.39 is 0 Å². The van der Waals surface area contributed by atoms with E-state index in [1.807, 2.05) is 6.20 Å². The van der Waals surface area contributed by atoms with Crippen LogP contribution in [0.2, 0.25) is 0 Å². The van der Waals surface area contributed by atoms with Crippen LogP contribution in [0.25, 0.3) is 11.3 Å². The molecule has 1 aromatic heterocycles. The maximum atomic E-state index is 13.0. The molecule has 3 N–H and O–H groups in total. The molecule has 0 aliphatic carbocycles. The van der Waals surface area contributed by atoms with Crippen LogP contribution in [0.3, 0.4) is 0 Å². The van der Waals surface area contributed by atoms with Crippen molar-refractivity contribution in [1.82, 2.24) is 20.4 Å². The van der Waals surface area contributed by atoms with Crippen LogP contribution in [-0.2, 0) is 6.54 Å². The monoisotopic (exact) mass is 332 g/mol. The van der Waals surface area contributed by atoms with Gasteiger partial charge in [-0.1, -0.05) is 0 Å². The number of aliphatic hydroxyl groups is 1. The average Bonchev–Trinajstić information content (AvgIpc) is 3.05. The van der Waals surface area contributed by atoms with Crippen LogP contribution in [-0.4, -0.2) is 52.5 Å². The fourth-order valence-corrected chi connectivity index (χ4v) is 3.11. The van der Waals surface area contributed by atoms with Gasteiger partial charge in [0.15, 0.2) is 0 Å². The van der Waals surface area contributed by atoms with Crippen LogP contribution in [0.5, 0.6) is 0 Å². The van der Waals surface area contributed by atoms with Crippen LogP contribution in [0, 0.1) is 5.82 Å². The first kappa shape index (κ1) is 17.1. The third kappa shape index (κ3) is 4.63. The van der Waals surface area contributed by atoms with E-state index in [9.17, 15) is 9.50 Å². The van der Waals surface area contributed by atoms with Crippen molar-refractivity contribution in [1.29, 1.82) is 0 Å². The molecular weight excluding hydrogens is 307 g/mol. The van der Waals surface area contributed by atoms with Gasteiger partial charge in [-0.25, -0.2) is 4.39 Å². The van der Waals surface area contributed by atoms with Gasteiger partial charge in [-0.2, -0.15) is 5.10 Å². The molecule has 2 aromatic rings. The first-order chi connectivity index (χ1) is 11.7. The molecule has 5 nitrogen and oxygen atoms in total. The summed E-state index contributed by atoms with van der Waals surface area (Å²) in [6.07, 6.45) is 4.58. The molecule has 0 atom stereocenters. The van der Waals surface area contributed by atoms with E-state index in [-0.39, 0.29) is 11.9 Å². The zero-order chi connectivity index (χ0) is 16.8. The summed E-state index contributed by atoms with van der Waals surface area (Å²) in [5.74, 6) is -0.233. The quantitative estimate of drug-likeness (QED) is 0.680. The lowest BCUT2D eigenvalue weighted by Gasteiger charge is -2.29. The van der Waals surface area contributed by atoms with Crippen molar-refractivity contribution in [3.05, 3.63) is 41.8 Å². The van der Waals surface area contributed by atoms with Crippen molar-refractivity contribution in [3.63, 3.8) is 0 Å². The van der Waals surface area contributed by atoms with Gasteiger partial charge in [0, 0.05) is 30.8 Å². The lowest BCUT2D eigenvalue weighted by molar-refractivity contribution is 0.0821. The van der Waals surface area contributed by atoms with Crippen molar-refractivity contribution >= 4 is 0 Å². The molecule has 1 aliphatic heterocycles. The number of H-pyrrole nitrogens is 1. The Kier molecular flexibility index (Phi) is 5.96. The maximum Gasteiger partial charge on any atom is 0.123 e. The molecular formula is C18H25FN4O. The van der Waals surface area contributed by atoms with Crippen LogP contribution in [0.4, 0.5) is 4.39 Å². The van der Waals surface area contributed by atoms with Gasteiger partial charge in [0.2, 0.25) is 0 Å². The van der Waals surface area contributed by atoms with Gasteiger partial charge >= 0.3 is 0 Å². The van der Waals surface area contributed by atoms with Gasteiger partial charge in [0.1, 0.15) is 5.82 Å². The number of halogens is 1. The second kappa shape index (κ2) is 8.37. The number of likely N-dealkylation sites (tertiary alicyclic amines) is 1. The van der Waals surface area contributed by atoms with E-state index in [1.165, 1.54) is 12.1 Å². The average molecular weight is 332 g/mol. The Morgan fingerprint density at radius 2 is 2.00 bits per heavy atom. The lowest BCUT2D eigenvalue weighted by atomic mass is 10.1. The van der Waals surface area contributed by atoms with E-state index in [1.54, 1.807) is 12.1 Å². The molecule has 0 spiro atoms. The van der Waals surface area contributed by atoms with Crippen molar-refractivity contribution in [2.24, 2.45) is 0 Å². The zero-order valence-corrected chi connectivity index (χ0v) is 13.8. The smallest absolute Gasteiger partial charge is 0.123 e. The zero-order valence-electron chi connectivity index (χ0n) is 13.8. The highest BCUT2D eigenvalue weighted by molar-refractivity contribution is 5.62. The van der Waals surface area contributed by atoms with Crippen LogP contribution >= 0.6 is 0 Å². The molecule has 130 valence electrons. The van der Waals surface area contributed by atoms with Gasteiger partial charge in [0.25, 0.3) is 0 Å². The summed E-state index contributed by atoms with van der Waals surface area (Å²) in [5, 5.41) is 20.1. The summed E-state index contributed by atoms with van der Waals surface area (Å²) in [4.78, 5) is 2.41. The normalized spacial score (nSPS) is 16.6. The number of rotatable bonds is 7. The Morgan fingerprint density at radius 3 is 2.75 bits per heavy atom. The van der Waals surface area contributed by atoms with Crippen LogP contribution < -0.4 is 5.32 Å². The minimum absolute atomic E-state index is 0.106.